The highest BCUT2D eigenvalue weighted by Crippen LogP contribution is 2.38. The number of amides is 2. The maximum Gasteiger partial charge on any atom is 0.341 e. The SMILES string of the molecule is CCCCCCCCC(CCCCCC)C(=O)OCCCCCC(=O)Nc1sc2c(c1C(=O)OCCCN(C)C)CCN(C(=O)CCCCCOC(=O)C(CCCCCC)CCCCCCCC)C2. The van der Waals surface area contributed by atoms with Gasteiger partial charge in [-0.25, -0.2) is 4.79 Å². The first-order chi connectivity index (χ1) is 33.6. The van der Waals surface area contributed by atoms with Gasteiger partial charge in [0.2, 0.25) is 11.8 Å². The lowest BCUT2D eigenvalue weighted by atomic mass is 9.94. The molecule has 0 aliphatic carbocycles. The van der Waals surface area contributed by atoms with Crippen LogP contribution >= 0.6 is 11.3 Å². The second kappa shape index (κ2) is 40.6. The largest absolute Gasteiger partial charge is 0.465 e. The lowest BCUT2D eigenvalue weighted by molar-refractivity contribution is -0.150. The molecule has 69 heavy (non-hydrogen) atoms. The molecule has 0 spiro atoms. The molecule has 0 aromatic carbocycles. The van der Waals surface area contributed by atoms with Crippen LogP contribution in [0.3, 0.4) is 0 Å². The number of ether oxygens (including phenoxy) is 3. The zero-order chi connectivity index (χ0) is 50.3. The number of nitrogens with zero attached hydrogens (tertiary/aromatic N) is 2. The van der Waals surface area contributed by atoms with Gasteiger partial charge in [0.15, 0.2) is 0 Å². The average molecular weight is 989 g/mol. The molecule has 1 N–H and O–H groups in total. The number of unbranched alkanes of at least 4 members (excludes halogenated alkanes) is 20. The van der Waals surface area contributed by atoms with Crippen LogP contribution in [0.1, 0.15) is 260 Å². The monoisotopic (exact) mass is 988 g/mol. The molecule has 2 unspecified atom stereocenters. The van der Waals surface area contributed by atoms with Gasteiger partial charge in [0.25, 0.3) is 0 Å². The second-order valence-electron chi connectivity index (χ2n) is 20.3. The number of carbonyl (C=O) groups excluding carboxylic acids is 5. The molecule has 1 aromatic rings. The molecule has 1 aromatic heterocycles. The quantitative estimate of drug-likeness (QED) is 0.0386. The lowest BCUT2D eigenvalue weighted by Crippen LogP contribution is -2.35. The first-order valence-electron chi connectivity index (χ1n) is 28.4. The Kier molecular flexibility index (Phi) is 36.5. The number of rotatable bonds is 44. The Hall–Kier alpha value is -2.99. The first-order valence-corrected chi connectivity index (χ1v) is 29.2. The molecule has 12 heteroatoms. The molecule has 2 amide bonds. The van der Waals surface area contributed by atoms with E-state index in [-0.39, 0.29) is 48.6 Å². The van der Waals surface area contributed by atoms with Crippen molar-refractivity contribution in [2.45, 2.75) is 253 Å². The fraction of sp³-hybridized carbons (Fsp3) is 0.842. The number of anilines is 1. The van der Waals surface area contributed by atoms with Gasteiger partial charge in [-0.1, -0.05) is 156 Å². The number of carbonyl (C=O) groups is 5. The summed E-state index contributed by atoms with van der Waals surface area (Å²) in [6, 6.07) is 0. The molecule has 0 saturated heterocycles. The standard InChI is InChI=1S/C57H101N3O8S/c1-7-11-15-19-21-27-36-47(34-25-17-13-9-3)55(63)66-43-31-23-29-38-51(61)58-54-53(57(65)68-45-33-41-59(5)6)49-40-42-60(46-50(49)69-54)52(62)39-30-24-32-44-67-56(64)48(35-26-18-14-10-4)37-28-22-20-16-12-8-2/h47-48H,7-46H2,1-6H3,(H,58,61). The van der Waals surface area contributed by atoms with Gasteiger partial charge in [-0.3, -0.25) is 19.2 Å². The maximum atomic E-state index is 13.6. The van der Waals surface area contributed by atoms with Crippen molar-refractivity contribution >= 4 is 46.1 Å². The molecule has 0 saturated carbocycles. The van der Waals surface area contributed by atoms with Crippen molar-refractivity contribution in [3.63, 3.8) is 0 Å². The van der Waals surface area contributed by atoms with Crippen LogP contribution in [0.25, 0.3) is 0 Å². The van der Waals surface area contributed by atoms with E-state index < -0.39 is 5.97 Å². The summed E-state index contributed by atoms with van der Waals surface area (Å²) < 4.78 is 17.3. The van der Waals surface area contributed by atoms with E-state index in [1.54, 1.807) is 0 Å². The summed E-state index contributed by atoms with van der Waals surface area (Å²) in [6.45, 7) is 11.6. The zero-order valence-corrected chi connectivity index (χ0v) is 45.8. The van der Waals surface area contributed by atoms with Crippen LogP contribution in [0.5, 0.6) is 0 Å². The minimum Gasteiger partial charge on any atom is -0.465 e. The molecule has 2 rings (SSSR count). The Labute approximate surface area is 425 Å². The third-order valence-electron chi connectivity index (χ3n) is 13.7. The third-order valence-corrected chi connectivity index (χ3v) is 14.8. The summed E-state index contributed by atoms with van der Waals surface area (Å²) >= 11 is 1.37. The molecule has 1 aliphatic rings. The van der Waals surface area contributed by atoms with E-state index in [9.17, 15) is 24.0 Å². The fourth-order valence-electron chi connectivity index (χ4n) is 9.32. The van der Waals surface area contributed by atoms with Crippen LogP contribution in [0.4, 0.5) is 5.00 Å². The molecule has 0 fully saturated rings. The van der Waals surface area contributed by atoms with Gasteiger partial charge in [-0.05, 0) is 96.7 Å². The van der Waals surface area contributed by atoms with Gasteiger partial charge >= 0.3 is 17.9 Å². The highest BCUT2D eigenvalue weighted by molar-refractivity contribution is 7.17. The van der Waals surface area contributed by atoms with Crippen molar-refractivity contribution in [3.8, 4) is 0 Å². The van der Waals surface area contributed by atoms with E-state index in [4.69, 9.17) is 14.2 Å². The number of hydrogen-bond acceptors (Lipinski definition) is 10. The van der Waals surface area contributed by atoms with E-state index in [0.717, 1.165) is 100 Å². The molecular formula is C57H101N3O8S. The molecule has 2 heterocycles. The molecule has 0 bridgehead atoms. The number of nitrogens with one attached hydrogen (secondary N) is 1. The van der Waals surface area contributed by atoms with Crippen molar-refractivity contribution < 1.29 is 38.2 Å². The van der Waals surface area contributed by atoms with E-state index in [1.807, 2.05) is 23.9 Å². The van der Waals surface area contributed by atoms with Crippen molar-refractivity contribution in [1.82, 2.24) is 9.80 Å². The van der Waals surface area contributed by atoms with Crippen LogP contribution in [0, 0.1) is 11.8 Å². The van der Waals surface area contributed by atoms with Crippen molar-refractivity contribution in [2.24, 2.45) is 11.8 Å². The smallest absolute Gasteiger partial charge is 0.341 e. The highest BCUT2D eigenvalue weighted by Gasteiger charge is 2.31. The summed E-state index contributed by atoms with van der Waals surface area (Å²) in [5.74, 6) is -0.676. The Morgan fingerprint density at radius 1 is 0.551 bits per heavy atom. The van der Waals surface area contributed by atoms with E-state index >= 15 is 0 Å². The van der Waals surface area contributed by atoms with E-state index in [2.05, 4.69) is 33.0 Å². The molecule has 0 radical (unpaired) electrons. The van der Waals surface area contributed by atoms with Crippen LogP contribution in [-0.2, 0) is 46.4 Å². The van der Waals surface area contributed by atoms with Gasteiger partial charge in [-0.15, -0.1) is 11.3 Å². The second-order valence-corrected chi connectivity index (χ2v) is 21.4. The van der Waals surface area contributed by atoms with E-state index in [1.165, 1.54) is 108 Å². The van der Waals surface area contributed by atoms with Gasteiger partial charge in [0.1, 0.15) is 5.00 Å². The van der Waals surface area contributed by atoms with Gasteiger partial charge < -0.3 is 29.3 Å². The van der Waals surface area contributed by atoms with Crippen molar-refractivity contribution in [1.29, 1.82) is 0 Å². The average Bonchev–Trinajstić information content (AvgIpc) is 3.70. The predicted octanol–water partition coefficient (Wildman–Crippen LogP) is 14.6. The van der Waals surface area contributed by atoms with Crippen LogP contribution in [0.2, 0.25) is 0 Å². The topological polar surface area (TPSA) is 132 Å². The molecular weight excluding hydrogens is 887 g/mol. The first kappa shape index (κ1) is 62.1. The van der Waals surface area contributed by atoms with Crippen molar-refractivity contribution in [3.05, 3.63) is 16.0 Å². The van der Waals surface area contributed by atoms with Crippen LogP contribution in [-0.4, -0.2) is 86.5 Å². The maximum absolute atomic E-state index is 13.6. The highest BCUT2D eigenvalue weighted by atomic mass is 32.1. The minimum atomic E-state index is -0.436. The third kappa shape index (κ3) is 28.6. The van der Waals surface area contributed by atoms with Crippen LogP contribution < -0.4 is 5.32 Å². The molecule has 11 nitrogen and oxygen atoms in total. The molecule has 2 atom stereocenters. The van der Waals surface area contributed by atoms with Gasteiger partial charge in [0, 0.05) is 30.8 Å². The zero-order valence-electron chi connectivity index (χ0n) is 45.0. The van der Waals surface area contributed by atoms with Gasteiger partial charge in [-0.2, -0.15) is 0 Å². The Morgan fingerprint density at radius 2 is 0.986 bits per heavy atom. The minimum absolute atomic E-state index is 0.00750. The summed E-state index contributed by atoms with van der Waals surface area (Å²) in [4.78, 5) is 71.4. The van der Waals surface area contributed by atoms with Crippen molar-refractivity contribution in [2.75, 3.05) is 52.3 Å². The summed E-state index contributed by atoms with van der Waals surface area (Å²) in [5, 5.41) is 3.53. The predicted molar refractivity (Wildman–Crippen MR) is 285 cm³/mol. The Morgan fingerprint density at radius 3 is 1.48 bits per heavy atom. The Bertz CT molecular complexity index is 1530. The molecule has 1 aliphatic heterocycles. The van der Waals surface area contributed by atoms with Crippen LogP contribution in [0.15, 0.2) is 0 Å². The fourth-order valence-corrected chi connectivity index (χ4v) is 10.6. The normalized spacial score (nSPS) is 13.3. The van der Waals surface area contributed by atoms with E-state index in [0.29, 0.717) is 69.0 Å². The summed E-state index contributed by atoms with van der Waals surface area (Å²) in [6.07, 6.45) is 33.7. The summed E-state index contributed by atoms with van der Waals surface area (Å²) in [7, 11) is 3.96. The lowest BCUT2D eigenvalue weighted by Gasteiger charge is -2.27. The number of hydrogen-bond donors (Lipinski definition) is 1. The van der Waals surface area contributed by atoms with Gasteiger partial charge in [0.05, 0.1) is 43.8 Å². The Balaban J connectivity index is 1.88. The number of thiophene rings is 1. The number of fused-ring (bicyclic) bond motifs is 1. The number of esters is 3. The summed E-state index contributed by atoms with van der Waals surface area (Å²) in [5.41, 5.74) is 1.28. The molecule has 398 valence electrons.